The second kappa shape index (κ2) is 8.62. The predicted octanol–water partition coefficient (Wildman–Crippen LogP) is 1.54. The maximum Gasteiger partial charge on any atom is 0.500 e. The molecule has 0 saturated heterocycles. The van der Waals surface area contributed by atoms with Crippen molar-refractivity contribution in [3.63, 3.8) is 0 Å². The number of rotatable bonds is 10. The molecule has 0 bridgehead atoms. The second-order valence-corrected chi connectivity index (χ2v) is 8.45. The van der Waals surface area contributed by atoms with E-state index in [1.807, 2.05) is 18.2 Å². The molecule has 0 radical (unpaired) electrons. The summed E-state index contributed by atoms with van der Waals surface area (Å²) in [5, 5.41) is 0. The van der Waals surface area contributed by atoms with Crippen LogP contribution in [0.1, 0.15) is 18.4 Å². The van der Waals surface area contributed by atoms with E-state index in [1.165, 1.54) is 5.56 Å². The van der Waals surface area contributed by atoms with Crippen LogP contribution in [0.2, 0.25) is 6.04 Å². The Kier molecular flexibility index (Phi) is 7.51. The Labute approximate surface area is 128 Å². The molecule has 0 aliphatic rings. The van der Waals surface area contributed by atoms with E-state index in [0.717, 1.165) is 19.3 Å². The third-order valence-electron chi connectivity index (χ3n) is 3.90. The molecule has 0 aliphatic carbocycles. The molecule has 4 N–H and O–H groups in total. The fraction of sp³-hybridized carbons (Fsp3) is 0.600. The molecule has 6 heteroatoms. The fourth-order valence-corrected chi connectivity index (χ4v) is 4.47. The Balaban J connectivity index is 2.76. The lowest BCUT2D eigenvalue weighted by Gasteiger charge is -2.33. The van der Waals surface area contributed by atoms with Gasteiger partial charge in [0.2, 0.25) is 0 Å². The molecule has 1 aromatic rings. The van der Waals surface area contributed by atoms with Crippen molar-refractivity contribution in [2.75, 3.05) is 27.9 Å². The van der Waals surface area contributed by atoms with Crippen LogP contribution < -0.4 is 11.5 Å². The average molecular weight is 312 g/mol. The summed E-state index contributed by atoms with van der Waals surface area (Å²) in [6.45, 7) is 0.560. The van der Waals surface area contributed by atoms with Gasteiger partial charge in [-0.3, -0.25) is 0 Å². The van der Waals surface area contributed by atoms with Crippen molar-refractivity contribution in [1.29, 1.82) is 0 Å². The first-order valence-electron chi connectivity index (χ1n) is 7.21. The molecule has 0 saturated carbocycles. The average Bonchev–Trinajstić information content (AvgIpc) is 2.50. The highest BCUT2D eigenvalue weighted by molar-refractivity contribution is 6.60. The van der Waals surface area contributed by atoms with Gasteiger partial charge in [-0.2, -0.15) is 0 Å². The molecule has 0 amide bonds. The van der Waals surface area contributed by atoms with Gasteiger partial charge in [0.15, 0.2) is 0 Å². The topological polar surface area (TPSA) is 79.7 Å². The van der Waals surface area contributed by atoms with E-state index < -0.39 is 8.80 Å². The van der Waals surface area contributed by atoms with Crippen molar-refractivity contribution in [2.24, 2.45) is 11.5 Å². The van der Waals surface area contributed by atoms with Crippen LogP contribution in [0.15, 0.2) is 30.3 Å². The summed E-state index contributed by atoms with van der Waals surface area (Å²) in [7, 11) is 2.27. The molecule has 0 heterocycles. The zero-order chi connectivity index (χ0) is 15.8. The van der Waals surface area contributed by atoms with Gasteiger partial charge in [-0.1, -0.05) is 30.3 Å². The van der Waals surface area contributed by atoms with Crippen LogP contribution in [-0.4, -0.2) is 42.2 Å². The van der Waals surface area contributed by atoms with Gasteiger partial charge in [0, 0.05) is 32.9 Å². The molecular weight excluding hydrogens is 284 g/mol. The molecule has 1 aromatic carbocycles. The Bertz CT molecular complexity index is 393. The van der Waals surface area contributed by atoms with Crippen LogP contribution in [0.3, 0.4) is 0 Å². The zero-order valence-corrected chi connectivity index (χ0v) is 14.3. The van der Waals surface area contributed by atoms with Gasteiger partial charge in [0.05, 0.1) is 0 Å². The maximum atomic E-state index is 6.59. The standard InChI is InChI=1S/C15H28N2O3Si/c1-18-21(19-2,20-3)12-10-15(17,9-11-16)13-14-7-5-4-6-8-14/h4-8H,9-13,16-17H2,1-3H3. The molecule has 120 valence electrons. The third-order valence-corrected chi connectivity index (χ3v) is 6.63. The van der Waals surface area contributed by atoms with E-state index in [9.17, 15) is 0 Å². The number of nitrogens with two attached hydrogens (primary N) is 2. The highest BCUT2D eigenvalue weighted by Gasteiger charge is 2.40. The second-order valence-electron chi connectivity index (χ2n) is 5.36. The maximum absolute atomic E-state index is 6.59. The summed E-state index contributed by atoms with van der Waals surface area (Å²) in [5.41, 5.74) is 13.2. The Hall–Kier alpha value is -0.763. The first-order valence-corrected chi connectivity index (χ1v) is 9.14. The summed E-state index contributed by atoms with van der Waals surface area (Å²) >= 11 is 0. The Morgan fingerprint density at radius 2 is 1.57 bits per heavy atom. The minimum absolute atomic E-state index is 0.371. The van der Waals surface area contributed by atoms with Crippen molar-refractivity contribution >= 4 is 8.80 Å². The van der Waals surface area contributed by atoms with Gasteiger partial charge >= 0.3 is 8.80 Å². The molecular formula is C15H28N2O3Si. The first kappa shape index (κ1) is 18.3. The highest BCUT2D eigenvalue weighted by atomic mass is 28.4. The Morgan fingerprint density at radius 1 is 1.00 bits per heavy atom. The van der Waals surface area contributed by atoms with Crippen LogP contribution >= 0.6 is 0 Å². The largest absolute Gasteiger partial charge is 0.500 e. The number of benzene rings is 1. The van der Waals surface area contributed by atoms with Gasteiger partial charge in [-0.25, -0.2) is 0 Å². The van der Waals surface area contributed by atoms with Crippen molar-refractivity contribution < 1.29 is 13.3 Å². The number of hydrogen-bond donors (Lipinski definition) is 2. The monoisotopic (exact) mass is 312 g/mol. The molecule has 0 aromatic heterocycles. The SMILES string of the molecule is CO[Si](CCC(N)(CCN)Cc1ccccc1)(OC)OC. The fourth-order valence-electron chi connectivity index (χ4n) is 2.55. The lowest BCUT2D eigenvalue weighted by atomic mass is 9.86. The van der Waals surface area contributed by atoms with Gasteiger partial charge in [0.25, 0.3) is 0 Å². The molecule has 1 atom stereocenters. The van der Waals surface area contributed by atoms with E-state index in [1.54, 1.807) is 21.3 Å². The molecule has 21 heavy (non-hydrogen) atoms. The van der Waals surface area contributed by atoms with Crippen molar-refractivity contribution in [3.05, 3.63) is 35.9 Å². The van der Waals surface area contributed by atoms with E-state index in [0.29, 0.717) is 12.6 Å². The Morgan fingerprint density at radius 3 is 2.05 bits per heavy atom. The lowest BCUT2D eigenvalue weighted by molar-refractivity contribution is 0.120. The molecule has 0 aliphatic heterocycles. The minimum atomic E-state index is -2.59. The van der Waals surface area contributed by atoms with Crippen LogP contribution in [-0.2, 0) is 19.7 Å². The van der Waals surface area contributed by atoms with Crippen LogP contribution in [0.25, 0.3) is 0 Å². The van der Waals surface area contributed by atoms with E-state index >= 15 is 0 Å². The normalized spacial score (nSPS) is 14.9. The van der Waals surface area contributed by atoms with Gasteiger partial charge in [-0.05, 0) is 31.4 Å². The molecule has 0 fully saturated rings. The van der Waals surface area contributed by atoms with Crippen molar-refractivity contribution in [3.8, 4) is 0 Å². The van der Waals surface area contributed by atoms with Gasteiger partial charge in [0.1, 0.15) is 0 Å². The predicted molar refractivity (Wildman–Crippen MR) is 86.9 cm³/mol. The minimum Gasteiger partial charge on any atom is -0.377 e. The number of hydrogen-bond acceptors (Lipinski definition) is 5. The van der Waals surface area contributed by atoms with Crippen LogP contribution in [0.4, 0.5) is 0 Å². The summed E-state index contributed by atoms with van der Waals surface area (Å²) in [4.78, 5) is 0. The van der Waals surface area contributed by atoms with Crippen molar-refractivity contribution in [1.82, 2.24) is 0 Å². The van der Waals surface area contributed by atoms with Crippen LogP contribution in [0.5, 0.6) is 0 Å². The molecule has 5 nitrogen and oxygen atoms in total. The first-order chi connectivity index (χ1) is 10.0. The molecule has 1 rings (SSSR count). The van der Waals surface area contributed by atoms with Gasteiger partial charge in [-0.15, -0.1) is 0 Å². The third kappa shape index (κ3) is 5.50. The smallest absolute Gasteiger partial charge is 0.377 e. The summed E-state index contributed by atoms with van der Waals surface area (Å²) < 4.78 is 16.4. The summed E-state index contributed by atoms with van der Waals surface area (Å²) in [6, 6.07) is 10.9. The molecule has 1 unspecified atom stereocenters. The summed E-state index contributed by atoms with van der Waals surface area (Å²) in [6.07, 6.45) is 2.29. The van der Waals surface area contributed by atoms with Crippen molar-refractivity contribution in [2.45, 2.75) is 30.8 Å². The lowest BCUT2D eigenvalue weighted by Crippen LogP contribution is -2.49. The summed E-state index contributed by atoms with van der Waals surface area (Å²) in [5.74, 6) is 0. The van der Waals surface area contributed by atoms with E-state index in [2.05, 4.69) is 12.1 Å². The van der Waals surface area contributed by atoms with Crippen LogP contribution in [0, 0.1) is 0 Å². The highest BCUT2D eigenvalue weighted by Crippen LogP contribution is 2.25. The quantitative estimate of drug-likeness (QED) is 0.641. The zero-order valence-electron chi connectivity index (χ0n) is 13.3. The molecule has 0 spiro atoms. The van der Waals surface area contributed by atoms with E-state index in [-0.39, 0.29) is 5.54 Å². The van der Waals surface area contributed by atoms with E-state index in [4.69, 9.17) is 24.7 Å². The van der Waals surface area contributed by atoms with Gasteiger partial charge < -0.3 is 24.7 Å².